The number of esters is 1. The van der Waals surface area contributed by atoms with E-state index < -0.39 is 42.8 Å². The highest BCUT2D eigenvalue weighted by Crippen LogP contribution is 2.11. The van der Waals surface area contributed by atoms with E-state index in [0.29, 0.717) is 0 Å². The molecule has 0 aliphatic carbocycles. The molecule has 0 aromatic heterocycles. The average molecular weight is 326 g/mol. The van der Waals surface area contributed by atoms with Crippen molar-refractivity contribution < 1.29 is 37.0 Å². The number of carbonyl (C=O) groups is 3. The molecule has 0 aromatic rings. The molecule has 2 atom stereocenters. The second kappa shape index (κ2) is 9.03. The quantitative estimate of drug-likeness (QED) is 0.535. The number of urea groups is 1. The van der Waals surface area contributed by atoms with Crippen LogP contribution in [0.5, 0.6) is 0 Å². The van der Waals surface area contributed by atoms with Crippen LogP contribution >= 0.6 is 0 Å². The fourth-order valence-electron chi connectivity index (χ4n) is 1.04. The monoisotopic (exact) mass is 326 g/mol. The van der Waals surface area contributed by atoms with Crippen LogP contribution in [0.15, 0.2) is 12.7 Å². The van der Waals surface area contributed by atoms with Crippen molar-refractivity contribution in [1.82, 2.24) is 10.6 Å². The summed E-state index contributed by atoms with van der Waals surface area (Å²) in [5.74, 6) is -1.93. The third-order valence-corrected chi connectivity index (χ3v) is 2.14. The molecule has 0 spiro atoms. The Bertz CT molecular complexity index is 425. The Balaban J connectivity index is 4.23. The summed E-state index contributed by atoms with van der Waals surface area (Å²) in [5.41, 5.74) is 0. The van der Waals surface area contributed by atoms with Gasteiger partial charge >= 0.3 is 18.2 Å². The van der Waals surface area contributed by atoms with Crippen LogP contribution in [0.1, 0.15) is 13.8 Å². The fourth-order valence-corrected chi connectivity index (χ4v) is 1.04. The molecule has 7 nitrogen and oxygen atoms in total. The predicted octanol–water partition coefficient (Wildman–Crippen LogP) is 0.897. The number of alkyl halides is 3. The van der Waals surface area contributed by atoms with Crippen LogP contribution < -0.4 is 10.6 Å². The normalized spacial score (nSPS) is 13.7. The summed E-state index contributed by atoms with van der Waals surface area (Å²) in [6, 6.07) is -1.35. The lowest BCUT2D eigenvalue weighted by molar-refractivity contribution is -0.164. The highest BCUT2D eigenvalue weighted by atomic mass is 19.4. The largest absolute Gasteiger partial charge is 0.451 e. The average Bonchev–Trinajstić information content (AvgIpc) is 2.41. The number of halogens is 3. The Morgan fingerprint density at radius 3 is 2.32 bits per heavy atom. The van der Waals surface area contributed by atoms with E-state index in [1.165, 1.54) is 18.3 Å². The van der Waals surface area contributed by atoms with Gasteiger partial charge in [-0.15, -0.1) is 6.58 Å². The van der Waals surface area contributed by atoms with Crippen molar-refractivity contribution in [3.8, 4) is 0 Å². The summed E-state index contributed by atoms with van der Waals surface area (Å²) in [6.07, 6.45) is -5.53. The molecule has 0 fully saturated rings. The van der Waals surface area contributed by atoms with Gasteiger partial charge in [0.1, 0.15) is 6.54 Å². The van der Waals surface area contributed by atoms with E-state index in [4.69, 9.17) is 9.47 Å². The first-order valence-electron chi connectivity index (χ1n) is 6.15. The minimum absolute atomic E-state index is 0.0939. The van der Waals surface area contributed by atoms with Crippen molar-refractivity contribution in [1.29, 1.82) is 0 Å². The van der Waals surface area contributed by atoms with E-state index in [2.05, 4.69) is 6.58 Å². The number of hydrogen-bond acceptors (Lipinski definition) is 5. The topological polar surface area (TPSA) is 93.7 Å². The van der Waals surface area contributed by atoms with Crippen LogP contribution in [0, 0.1) is 0 Å². The van der Waals surface area contributed by atoms with Gasteiger partial charge < -0.3 is 14.8 Å². The van der Waals surface area contributed by atoms with Crippen LogP contribution in [0.4, 0.5) is 18.0 Å². The van der Waals surface area contributed by atoms with Gasteiger partial charge in [0.15, 0.2) is 12.2 Å². The lowest BCUT2D eigenvalue weighted by atomic mass is 10.3. The maximum atomic E-state index is 11.9. The number of nitrogens with one attached hydrogen (secondary N) is 2. The highest BCUT2D eigenvalue weighted by Gasteiger charge is 2.29. The van der Waals surface area contributed by atoms with Crippen LogP contribution in [0.2, 0.25) is 0 Å². The molecule has 2 unspecified atom stereocenters. The third-order valence-electron chi connectivity index (χ3n) is 2.14. The molecule has 0 bridgehead atoms. The van der Waals surface area contributed by atoms with E-state index >= 15 is 0 Å². The Kier molecular flexibility index (Phi) is 8.17. The number of ether oxygens (including phenoxy) is 2. The summed E-state index contributed by atoms with van der Waals surface area (Å²) < 4.78 is 45.2. The summed E-state index contributed by atoms with van der Waals surface area (Å²) in [4.78, 5) is 34.0. The van der Waals surface area contributed by atoms with Crippen molar-refractivity contribution >= 4 is 17.9 Å². The van der Waals surface area contributed by atoms with Gasteiger partial charge in [-0.05, 0) is 13.8 Å². The van der Waals surface area contributed by atoms with Gasteiger partial charge in [0, 0.05) is 0 Å². The first kappa shape index (κ1) is 19.9. The second-order valence-corrected chi connectivity index (χ2v) is 4.13. The van der Waals surface area contributed by atoms with Crippen molar-refractivity contribution in [3.05, 3.63) is 12.7 Å². The maximum absolute atomic E-state index is 11.9. The van der Waals surface area contributed by atoms with Crippen LogP contribution in [0.3, 0.4) is 0 Å². The smallest absolute Gasteiger partial charge is 0.405 e. The predicted molar refractivity (Wildman–Crippen MR) is 68.8 cm³/mol. The van der Waals surface area contributed by atoms with Gasteiger partial charge in [0.25, 0.3) is 5.91 Å². The Morgan fingerprint density at radius 1 is 1.23 bits per heavy atom. The van der Waals surface area contributed by atoms with Gasteiger partial charge in [-0.3, -0.25) is 10.1 Å². The Labute approximate surface area is 124 Å². The molecule has 0 aromatic carbocycles. The first-order valence-corrected chi connectivity index (χ1v) is 6.15. The van der Waals surface area contributed by atoms with E-state index in [1.54, 1.807) is 5.32 Å². The summed E-state index contributed by atoms with van der Waals surface area (Å²) in [5, 5.41) is 3.06. The van der Waals surface area contributed by atoms with Gasteiger partial charge in [-0.25, -0.2) is 9.59 Å². The molecule has 10 heteroatoms. The molecule has 0 saturated heterocycles. The third kappa shape index (κ3) is 8.95. The Morgan fingerprint density at radius 2 is 1.82 bits per heavy atom. The molecule has 0 aliphatic heterocycles. The summed E-state index contributed by atoms with van der Waals surface area (Å²) in [7, 11) is 0. The van der Waals surface area contributed by atoms with Gasteiger partial charge in [0.2, 0.25) is 0 Å². The standard InChI is InChI=1S/C12H17F3N2O5/c1-4-5-21-8(3)10(19)22-7(2)9(18)17-11(20)16-6-12(13,14)15/h4,7-8H,1,5-6H2,2-3H3,(H2,16,17,18,20). The number of carbonyl (C=O) groups excluding carboxylic acids is 3. The fraction of sp³-hybridized carbons (Fsp3) is 0.583. The van der Waals surface area contributed by atoms with Crippen LogP contribution in [-0.4, -0.2) is 49.4 Å². The lowest BCUT2D eigenvalue weighted by Crippen LogP contribution is -2.47. The summed E-state index contributed by atoms with van der Waals surface area (Å²) in [6.45, 7) is 4.42. The van der Waals surface area contributed by atoms with E-state index in [1.807, 2.05) is 0 Å². The number of hydrogen-bond donors (Lipinski definition) is 2. The molecule has 126 valence electrons. The molecule has 0 rings (SSSR count). The minimum atomic E-state index is -4.60. The summed E-state index contributed by atoms with van der Waals surface area (Å²) >= 11 is 0. The van der Waals surface area contributed by atoms with E-state index in [9.17, 15) is 27.6 Å². The SMILES string of the molecule is C=CCOC(C)C(=O)OC(C)C(=O)NC(=O)NCC(F)(F)F. The van der Waals surface area contributed by atoms with Crippen LogP contribution in [0.25, 0.3) is 0 Å². The molecular formula is C12H17F3N2O5. The first-order chi connectivity index (χ1) is 10.1. The lowest BCUT2D eigenvalue weighted by Gasteiger charge is -2.16. The zero-order valence-electron chi connectivity index (χ0n) is 12.0. The van der Waals surface area contributed by atoms with Crippen molar-refractivity contribution in [3.63, 3.8) is 0 Å². The van der Waals surface area contributed by atoms with E-state index in [-0.39, 0.29) is 6.61 Å². The highest BCUT2D eigenvalue weighted by molar-refractivity contribution is 5.97. The Hall–Kier alpha value is -2.10. The zero-order chi connectivity index (χ0) is 17.3. The molecule has 2 N–H and O–H groups in total. The van der Waals surface area contributed by atoms with Crippen LogP contribution in [-0.2, 0) is 19.1 Å². The van der Waals surface area contributed by atoms with Gasteiger partial charge in [-0.2, -0.15) is 13.2 Å². The molecule has 0 saturated carbocycles. The van der Waals surface area contributed by atoms with Crippen molar-refractivity contribution in [2.75, 3.05) is 13.2 Å². The van der Waals surface area contributed by atoms with Gasteiger partial charge in [-0.1, -0.05) is 6.08 Å². The molecule has 3 amide bonds. The number of amides is 3. The number of rotatable bonds is 7. The minimum Gasteiger partial charge on any atom is -0.451 e. The zero-order valence-corrected chi connectivity index (χ0v) is 12.0. The second-order valence-electron chi connectivity index (χ2n) is 4.13. The molecule has 0 aliphatic rings. The van der Waals surface area contributed by atoms with E-state index in [0.717, 1.165) is 6.92 Å². The number of imide groups is 1. The molecule has 0 heterocycles. The van der Waals surface area contributed by atoms with Gasteiger partial charge in [0.05, 0.1) is 6.61 Å². The molecule has 22 heavy (non-hydrogen) atoms. The molecule has 0 radical (unpaired) electrons. The van der Waals surface area contributed by atoms with Crippen molar-refractivity contribution in [2.45, 2.75) is 32.2 Å². The molecular weight excluding hydrogens is 309 g/mol. The maximum Gasteiger partial charge on any atom is 0.405 e. The van der Waals surface area contributed by atoms with Crippen molar-refractivity contribution in [2.24, 2.45) is 0 Å².